The van der Waals surface area contributed by atoms with Gasteiger partial charge in [0.25, 0.3) is 10.1 Å². The molecule has 0 fully saturated rings. The van der Waals surface area contributed by atoms with Crippen LogP contribution in [0.15, 0.2) is 39.9 Å². The van der Waals surface area contributed by atoms with Crippen molar-refractivity contribution < 1.29 is 22.1 Å². The molecule has 23 heavy (non-hydrogen) atoms. The minimum absolute atomic E-state index is 0.148. The van der Waals surface area contributed by atoms with Crippen LogP contribution in [0.1, 0.15) is 18.9 Å². The number of benzene rings is 1. The second kappa shape index (κ2) is 6.51. The van der Waals surface area contributed by atoms with Gasteiger partial charge in [-0.1, -0.05) is 24.6 Å². The molecule has 0 amide bonds. The summed E-state index contributed by atoms with van der Waals surface area (Å²) in [7, 11) is -3.83. The van der Waals surface area contributed by atoms with Gasteiger partial charge < -0.3 is 9.47 Å². The number of thiophene rings is 1. The van der Waals surface area contributed by atoms with Crippen LogP contribution >= 0.6 is 11.3 Å². The highest BCUT2D eigenvalue weighted by Crippen LogP contribution is 2.36. The van der Waals surface area contributed by atoms with E-state index < -0.39 is 22.3 Å². The summed E-state index contributed by atoms with van der Waals surface area (Å²) in [6, 6.07) is 6.59. The minimum atomic E-state index is -3.83. The molecule has 2 heterocycles. The summed E-state index contributed by atoms with van der Waals surface area (Å²) in [6.07, 6.45) is -0.560. The van der Waals surface area contributed by atoms with Gasteiger partial charge in [0.15, 0.2) is 17.6 Å². The number of rotatable bonds is 5. The molecule has 0 N–H and O–H groups in total. The lowest BCUT2D eigenvalue weighted by molar-refractivity contribution is 0.00487. The van der Waals surface area contributed by atoms with E-state index in [1.54, 1.807) is 24.3 Å². The lowest BCUT2D eigenvalue weighted by Crippen LogP contribution is -2.41. The highest BCUT2D eigenvalue weighted by Gasteiger charge is 2.33. The summed E-state index contributed by atoms with van der Waals surface area (Å²) in [5.74, 6) is 1.34. The first-order chi connectivity index (χ1) is 11.0. The fourth-order valence-electron chi connectivity index (χ4n) is 2.33. The maximum absolute atomic E-state index is 12.4. The maximum atomic E-state index is 12.4. The lowest BCUT2D eigenvalue weighted by atomic mass is 10.1. The van der Waals surface area contributed by atoms with Gasteiger partial charge in [0.2, 0.25) is 0 Å². The SMILES string of the molecule is CCC(OS(=O)(=O)c1ccc(C)cc1)C1COc2cscc2O1. The number of aryl methyl sites for hydroxylation is 1. The van der Waals surface area contributed by atoms with E-state index in [2.05, 4.69) is 0 Å². The van der Waals surface area contributed by atoms with E-state index in [-0.39, 0.29) is 11.5 Å². The van der Waals surface area contributed by atoms with Crippen molar-refractivity contribution in [2.75, 3.05) is 6.61 Å². The van der Waals surface area contributed by atoms with Crippen molar-refractivity contribution in [2.24, 2.45) is 0 Å². The smallest absolute Gasteiger partial charge is 0.297 e. The van der Waals surface area contributed by atoms with Crippen molar-refractivity contribution >= 4 is 21.5 Å². The average molecular weight is 354 g/mol. The third kappa shape index (κ3) is 3.52. The Morgan fingerprint density at radius 1 is 1.26 bits per heavy atom. The Hall–Kier alpha value is -1.57. The van der Waals surface area contributed by atoms with Crippen LogP contribution in [0.5, 0.6) is 11.5 Å². The van der Waals surface area contributed by atoms with Crippen LogP contribution in [0.25, 0.3) is 0 Å². The van der Waals surface area contributed by atoms with Crippen LogP contribution in [0, 0.1) is 6.92 Å². The zero-order valence-electron chi connectivity index (χ0n) is 12.9. The normalized spacial score (nSPS) is 18.6. The lowest BCUT2D eigenvalue weighted by Gasteiger charge is -2.29. The molecule has 1 aliphatic heterocycles. The summed E-state index contributed by atoms with van der Waals surface area (Å²) in [5.41, 5.74) is 0.991. The Labute approximate surface area is 139 Å². The largest absolute Gasteiger partial charge is 0.485 e. The van der Waals surface area contributed by atoms with Gasteiger partial charge in [-0.15, -0.1) is 11.3 Å². The molecule has 0 saturated carbocycles. The van der Waals surface area contributed by atoms with Gasteiger partial charge in [-0.3, -0.25) is 4.18 Å². The molecule has 5 nitrogen and oxygen atoms in total. The fourth-order valence-corrected chi connectivity index (χ4v) is 4.17. The standard InChI is InChI=1S/C16H18O5S2/c1-3-13(14-8-19-15-9-22-10-16(15)20-14)21-23(17,18)12-6-4-11(2)5-7-12/h4-7,9-10,13-14H,3,8H2,1-2H3. The van der Waals surface area contributed by atoms with Crippen molar-refractivity contribution in [3.63, 3.8) is 0 Å². The molecule has 0 saturated heterocycles. The van der Waals surface area contributed by atoms with E-state index in [4.69, 9.17) is 13.7 Å². The van der Waals surface area contributed by atoms with Crippen molar-refractivity contribution in [1.82, 2.24) is 0 Å². The zero-order valence-corrected chi connectivity index (χ0v) is 14.5. The molecule has 0 radical (unpaired) electrons. The van der Waals surface area contributed by atoms with E-state index in [0.717, 1.165) is 5.56 Å². The first-order valence-electron chi connectivity index (χ1n) is 7.35. The summed E-state index contributed by atoms with van der Waals surface area (Å²) >= 11 is 1.48. The van der Waals surface area contributed by atoms with E-state index >= 15 is 0 Å². The predicted molar refractivity (Wildman–Crippen MR) is 87.8 cm³/mol. The minimum Gasteiger partial charge on any atom is -0.485 e. The molecular formula is C16H18O5S2. The number of hydrogen-bond donors (Lipinski definition) is 0. The van der Waals surface area contributed by atoms with Crippen molar-refractivity contribution in [3.8, 4) is 11.5 Å². The summed E-state index contributed by atoms with van der Waals surface area (Å²) in [6.45, 7) is 4.03. The van der Waals surface area contributed by atoms with Gasteiger partial charge in [0.05, 0.1) is 4.90 Å². The van der Waals surface area contributed by atoms with E-state index in [0.29, 0.717) is 17.9 Å². The van der Waals surface area contributed by atoms with Crippen molar-refractivity contribution in [2.45, 2.75) is 37.4 Å². The molecule has 1 aliphatic rings. The topological polar surface area (TPSA) is 61.8 Å². The van der Waals surface area contributed by atoms with Crippen molar-refractivity contribution in [1.29, 1.82) is 0 Å². The summed E-state index contributed by atoms with van der Waals surface area (Å²) in [5, 5.41) is 3.69. The Bertz CT molecular complexity index is 764. The maximum Gasteiger partial charge on any atom is 0.297 e. The van der Waals surface area contributed by atoms with Gasteiger partial charge >= 0.3 is 0 Å². The molecular weight excluding hydrogens is 336 g/mol. The molecule has 0 spiro atoms. The Balaban J connectivity index is 1.76. The predicted octanol–water partition coefficient (Wildman–Crippen LogP) is 3.38. The van der Waals surface area contributed by atoms with Crippen LogP contribution in [-0.4, -0.2) is 27.2 Å². The number of hydrogen-bond acceptors (Lipinski definition) is 6. The monoisotopic (exact) mass is 354 g/mol. The van der Waals surface area contributed by atoms with Gasteiger partial charge in [0, 0.05) is 10.8 Å². The molecule has 0 bridgehead atoms. The van der Waals surface area contributed by atoms with Gasteiger partial charge in [-0.25, -0.2) is 0 Å². The molecule has 2 unspecified atom stereocenters. The first-order valence-corrected chi connectivity index (χ1v) is 9.70. The van der Waals surface area contributed by atoms with Crippen LogP contribution in [0.3, 0.4) is 0 Å². The third-order valence-electron chi connectivity index (χ3n) is 3.65. The Kier molecular flexibility index (Phi) is 4.61. The second-order valence-electron chi connectivity index (χ2n) is 5.38. The third-order valence-corrected chi connectivity index (χ3v) is 5.70. The Morgan fingerprint density at radius 2 is 1.96 bits per heavy atom. The van der Waals surface area contributed by atoms with Gasteiger partial charge in [-0.05, 0) is 25.5 Å². The van der Waals surface area contributed by atoms with E-state index in [1.165, 1.54) is 11.3 Å². The van der Waals surface area contributed by atoms with Crippen molar-refractivity contribution in [3.05, 3.63) is 40.6 Å². The molecule has 1 aromatic heterocycles. The molecule has 1 aromatic carbocycles. The molecule has 7 heteroatoms. The fraction of sp³-hybridized carbons (Fsp3) is 0.375. The highest BCUT2D eigenvalue weighted by molar-refractivity contribution is 7.86. The summed E-state index contributed by atoms with van der Waals surface area (Å²) in [4.78, 5) is 0.148. The van der Waals surface area contributed by atoms with E-state index in [1.807, 2.05) is 24.6 Å². The Morgan fingerprint density at radius 3 is 2.65 bits per heavy atom. The van der Waals surface area contributed by atoms with Gasteiger partial charge in [0.1, 0.15) is 12.7 Å². The number of ether oxygens (including phenoxy) is 2. The van der Waals surface area contributed by atoms with Crippen LogP contribution in [0.2, 0.25) is 0 Å². The van der Waals surface area contributed by atoms with Crippen LogP contribution in [0.4, 0.5) is 0 Å². The second-order valence-corrected chi connectivity index (χ2v) is 7.69. The molecule has 2 atom stereocenters. The molecule has 124 valence electrons. The van der Waals surface area contributed by atoms with Gasteiger partial charge in [-0.2, -0.15) is 8.42 Å². The van der Waals surface area contributed by atoms with Crippen LogP contribution < -0.4 is 9.47 Å². The molecule has 3 rings (SSSR count). The van der Waals surface area contributed by atoms with E-state index in [9.17, 15) is 8.42 Å². The highest BCUT2D eigenvalue weighted by atomic mass is 32.2. The summed E-state index contributed by atoms with van der Waals surface area (Å²) < 4.78 is 41.7. The van der Waals surface area contributed by atoms with Crippen LogP contribution in [-0.2, 0) is 14.3 Å². The quantitative estimate of drug-likeness (QED) is 0.770. The average Bonchev–Trinajstić information content (AvgIpc) is 3.00. The first kappa shape index (κ1) is 16.3. The number of fused-ring (bicyclic) bond motifs is 1. The zero-order chi connectivity index (χ0) is 16.4. The molecule has 0 aliphatic carbocycles. The molecule has 2 aromatic rings.